The molecule has 0 bridgehead atoms. The maximum atomic E-state index is 12.0. The lowest BCUT2D eigenvalue weighted by Gasteiger charge is -2.13. The van der Waals surface area contributed by atoms with Crippen molar-refractivity contribution in [1.29, 1.82) is 0 Å². The zero-order valence-corrected chi connectivity index (χ0v) is 15.1. The van der Waals surface area contributed by atoms with Crippen LogP contribution in [0, 0.1) is 0 Å². The van der Waals surface area contributed by atoms with Crippen LogP contribution in [0.25, 0.3) is 0 Å². The Morgan fingerprint density at radius 3 is 2.77 bits per heavy atom. The third kappa shape index (κ3) is 4.08. The summed E-state index contributed by atoms with van der Waals surface area (Å²) < 4.78 is 2.54. The van der Waals surface area contributed by atoms with Gasteiger partial charge >= 0.3 is 0 Å². The lowest BCUT2D eigenvalue weighted by molar-refractivity contribution is -0.122. The average Bonchev–Trinajstić information content (AvgIpc) is 3.04. The fourth-order valence-corrected chi connectivity index (χ4v) is 3.11. The number of thiophene rings is 1. The van der Waals surface area contributed by atoms with E-state index in [-0.39, 0.29) is 18.4 Å². The van der Waals surface area contributed by atoms with Crippen LogP contribution in [0.2, 0.25) is 5.15 Å². The molecule has 2 heterocycles. The Labute approximate surface area is 145 Å². The van der Waals surface area contributed by atoms with Crippen LogP contribution >= 0.6 is 38.9 Å². The highest BCUT2D eigenvalue weighted by Crippen LogP contribution is 2.21. The molecule has 2 aromatic rings. The largest absolute Gasteiger partial charge is 0.347 e. The molecule has 0 aliphatic heterocycles. The molecule has 0 saturated carbocycles. The van der Waals surface area contributed by atoms with Crippen molar-refractivity contribution in [2.24, 2.45) is 7.05 Å². The Kier molecular flexibility index (Phi) is 5.60. The fraction of sp³-hybridized carbons (Fsp3) is 0.308. The van der Waals surface area contributed by atoms with Crippen molar-refractivity contribution >= 4 is 50.7 Å². The zero-order chi connectivity index (χ0) is 16.3. The van der Waals surface area contributed by atoms with Gasteiger partial charge in [-0.2, -0.15) is 0 Å². The number of carbonyl (C=O) groups excluding carboxylic acids is 2. The van der Waals surface area contributed by atoms with Gasteiger partial charge in [0.25, 0.3) is 5.91 Å². The maximum Gasteiger partial charge on any atom is 0.262 e. The van der Waals surface area contributed by atoms with E-state index in [9.17, 15) is 9.59 Å². The van der Waals surface area contributed by atoms with Crippen molar-refractivity contribution in [2.45, 2.75) is 19.5 Å². The summed E-state index contributed by atoms with van der Waals surface area (Å²) in [7, 11) is 1.76. The van der Waals surface area contributed by atoms with Gasteiger partial charge in [0.1, 0.15) is 17.0 Å². The van der Waals surface area contributed by atoms with Crippen LogP contribution < -0.4 is 10.6 Å². The minimum Gasteiger partial charge on any atom is -0.347 e. The van der Waals surface area contributed by atoms with Gasteiger partial charge in [-0.15, -0.1) is 11.3 Å². The second-order valence-corrected chi connectivity index (χ2v) is 7.42. The molecule has 6 nitrogen and oxygen atoms in total. The van der Waals surface area contributed by atoms with Crippen molar-refractivity contribution in [3.63, 3.8) is 0 Å². The van der Waals surface area contributed by atoms with Gasteiger partial charge in [-0.3, -0.25) is 9.59 Å². The molecule has 118 valence electrons. The molecule has 0 spiro atoms. The van der Waals surface area contributed by atoms with Gasteiger partial charge in [-0.05, 0) is 35.0 Å². The Hall–Kier alpha value is -1.38. The lowest BCUT2D eigenvalue weighted by Crippen LogP contribution is -2.44. The van der Waals surface area contributed by atoms with Crippen LogP contribution in [0.4, 0.5) is 0 Å². The molecule has 0 radical (unpaired) electrons. The number of amides is 2. The Morgan fingerprint density at radius 1 is 1.50 bits per heavy atom. The molecular formula is C13H14BrClN4O2S. The smallest absolute Gasteiger partial charge is 0.262 e. The highest BCUT2D eigenvalue weighted by Gasteiger charge is 2.18. The Bertz CT molecular complexity index is 700. The predicted octanol–water partition coefficient (Wildman–Crippen LogP) is 2.33. The van der Waals surface area contributed by atoms with E-state index in [1.165, 1.54) is 17.5 Å². The standard InChI is InChI=1S/C13H14BrClN4O2S/c1-7(18-13(21)8-3-4-9(14)22-8)12(20)17-6-11-16-5-10(15)19(11)2/h3-5,7H,6H2,1-2H3,(H,17,20)(H,18,21)/t7-/m1/s1. The first-order valence-electron chi connectivity index (χ1n) is 6.38. The lowest BCUT2D eigenvalue weighted by atomic mass is 10.3. The second kappa shape index (κ2) is 7.26. The molecule has 0 unspecified atom stereocenters. The van der Waals surface area contributed by atoms with Crippen LogP contribution in [0.15, 0.2) is 22.1 Å². The Morgan fingerprint density at radius 2 is 2.23 bits per heavy atom. The zero-order valence-electron chi connectivity index (χ0n) is 11.9. The average molecular weight is 406 g/mol. The van der Waals surface area contributed by atoms with Gasteiger partial charge in [-0.25, -0.2) is 4.98 Å². The van der Waals surface area contributed by atoms with Gasteiger partial charge in [0.05, 0.1) is 21.4 Å². The number of hydrogen-bond donors (Lipinski definition) is 2. The van der Waals surface area contributed by atoms with E-state index in [4.69, 9.17) is 11.6 Å². The molecule has 2 aromatic heterocycles. The first-order valence-corrected chi connectivity index (χ1v) is 8.37. The van der Waals surface area contributed by atoms with Crippen LogP contribution in [-0.4, -0.2) is 27.4 Å². The predicted molar refractivity (Wildman–Crippen MR) is 89.0 cm³/mol. The SMILES string of the molecule is C[C@@H](NC(=O)c1ccc(Br)s1)C(=O)NCc1ncc(Cl)n1C. The van der Waals surface area contributed by atoms with Crippen molar-refractivity contribution in [3.8, 4) is 0 Å². The van der Waals surface area contributed by atoms with Crippen LogP contribution in [0.5, 0.6) is 0 Å². The molecule has 0 fully saturated rings. The normalized spacial score (nSPS) is 12.0. The minimum atomic E-state index is -0.649. The Balaban J connectivity index is 1.87. The highest BCUT2D eigenvalue weighted by atomic mass is 79.9. The maximum absolute atomic E-state index is 12.0. The molecule has 22 heavy (non-hydrogen) atoms. The summed E-state index contributed by atoms with van der Waals surface area (Å²) in [5.74, 6) is 0.0699. The van der Waals surface area contributed by atoms with Gasteiger partial charge in [-0.1, -0.05) is 11.6 Å². The molecule has 9 heteroatoms. The summed E-state index contributed by atoms with van der Waals surface area (Å²) in [6, 6.07) is 2.84. The highest BCUT2D eigenvalue weighted by molar-refractivity contribution is 9.11. The van der Waals surface area contributed by atoms with E-state index in [1.807, 2.05) is 0 Å². The molecule has 2 rings (SSSR count). The van der Waals surface area contributed by atoms with Gasteiger partial charge in [0.2, 0.25) is 5.91 Å². The number of aromatic nitrogens is 2. The van der Waals surface area contributed by atoms with Crippen LogP contribution in [0.1, 0.15) is 22.4 Å². The number of hydrogen-bond acceptors (Lipinski definition) is 4. The van der Waals surface area contributed by atoms with Gasteiger partial charge in [0.15, 0.2) is 0 Å². The van der Waals surface area contributed by atoms with Crippen molar-refractivity contribution < 1.29 is 9.59 Å². The summed E-state index contributed by atoms with van der Waals surface area (Å²) in [5.41, 5.74) is 0. The summed E-state index contributed by atoms with van der Waals surface area (Å²) in [6.45, 7) is 1.87. The summed E-state index contributed by atoms with van der Waals surface area (Å²) in [5, 5.41) is 5.86. The minimum absolute atomic E-state index is 0.243. The van der Waals surface area contributed by atoms with E-state index in [0.717, 1.165) is 3.79 Å². The topological polar surface area (TPSA) is 76.0 Å². The third-order valence-electron chi connectivity index (χ3n) is 2.99. The van der Waals surface area contributed by atoms with E-state index in [2.05, 4.69) is 31.5 Å². The third-order valence-corrected chi connectivity index (χ3v) is 4.96. The van der Waals surface area contributed by atoms with E-state index in [0.29, 0.717) is 15.9 Å². The van der Waals surface area contributed by atoms with Crippen LogP contribution in [-0.2, 0) is 18.4 Å². The van der Waals surface area contributed by atoms with Crippen LogP contribution in [0.3, 0.4) is 0 Å². The second-order valence-electron chi connectivity index (χ2n) is 4.57. The summed E-state index contributed by atoms with van der Waals surface area (Å²) in [4.78, 5) is 28.6. The quantitative estimate of drug-likeness (QED) is 0.801. The first kappa shape index (κ1) is 17.0. The molecule has 0 aromatic carbocycles. The van der Waals surface area contributed by atoms with Crippen molar-refractivity contribution in [2.75, 3.05) is 0 Å². The van der Waals surface area contributed by atoms with Crippen molar-refractivity contribution in [1.82, 2.24) is 20.2 Å². The number of halogens is 2. The summed E-state index contributed by atoms with van der Waals surface area (Å²) >= 11 is 10.5. The van der Waals surface area contributed by atoms with E-state index in [1.54, 1.807) is 30.7 Å². The molecule has 0 saturated heterocycles. The molecular weight excluding hydrogens is 392 g/mol. The summed E-state index contributed by atoms with van der Waals surface area (Å²) in [6.07, 6.45) is 1.52. The van der Waals surface area contributed by atoms with E-state index >= 15 is 0 Å². The fourth-order valence-electron chi connectivity index (χ4n) is 1.68. The molecule has 0 aliphatic carbocycles. The number of carbonyl (C=O) groups is 2. The first-order chi connectivity index (χ1) is 10.4. The van der Waals surface area contributed by atoms with E-state index < -0.39 is 6.04 Å². The molecule has 2 N–H and O–H groups in total. The molecule has 2 amide bonds. The number of rotatable bonds is 5. The molecule has 1 atom stereocenters. The van der Waals surface area contributed by atoms with Gasteiger partial charge in [0, 0.05) is 7.05 Å². The number of imidazole rings is 1. The number of nitrogens with one attached hydrogen (secondary N) is 2. The van der Waals surface area contributed by atoms with Gasteiger partial charge < -0.3 is 15.2 Å². The van der Waals surface area contributed by atoms with Crippen molar-refractivity contribution in [3.05, 3.63) is 38.0 Å². The molecule has 0 aliphatic rings. The monoisotopic (exact) mass is 404 g/mol. The number of nitrogens with zero attached hydrogens (tertiary/aromatic N) is 2.